The first-order valence-electron chi connectivity index (χ1n) is 10.7. The van der Waals surface area contributed by atoms with Gasteiger partial charge in [-0.05, 0) is 47.0 Å². The molecule has 1 heterocycles. The van der Waals surface area contributed by atoms with Crippen molar-refractivity contribution in [2.24, 2.45) is 0 Å². The Morgan fingerprint density at radius 1 is 0.765 bits per heavy atom. The van der Waals surface area contributed by atoms with Crippen LogP contribution in [0.1, 0.15) is 26.3 Å². The lowest BCUT2D eigenvalue weighted by molar-refractivity contribution is 0.0949. The van der Waals surface area contributed by atoms with Crippen LogP contribution >= 0.6 is 0 Å². The molecule has 0 atom stereocenters. The number of rotatable bonds is 4. The van der Waals surface area contributed by atoms with E-state index in [1.54, 1.807) is 12.1 Å². The van der Waals surface area contributed by atoms with Crippen LogP contribution in [0.25, 0.3) is 11.1 Å². The van der Waals surface area contributed by atoms with Gasteiger partial charge in [-0.15, -0.1) is 0 Å². The summed E-state index contributed by atoms with van der Waals surface area (Å²) in [6, 6.07) is 28.1. The van der Waals surface area contributed by atoms with Crippen LogP contribution in [-0.4, -0.2) is 20.2 Å². The fourth-order valence-corrected chi connectivity index (χ4v) is 5.52. The molecule has 1 aliphatic rings. The third-order valence-corrected chi connectivity index (χ3v) is 7.58. The number of anilines is 1. The van der Waals surface area contributed by atoms with Crippen molar-refractivity contribution in [2.75, 3.05) is 5.32 Å². The van der Waals surface area contributed by atoms with Gasteiger partial charge < -0.3 is 10.6 Å². The molecule has 0 unspecified atom stereocenters. The van der Waals surface area contributed by atoms with Crippen LogP contribution in [0.5, 0.6) is 0 Å². The van der Waals surface area contributed by atoms with Gasteiger partial charge in [0.25, 0.3) is 11.8 Å². The Labute approximate surface area is 197 Å². The van der Waals surface area contributed by atoms with Crippen LogP contribution < -0.4 is 10.6 Å². The molecule has 7 heteroatoms. The zero-order valence-corrected chi connectivity index (χ0v) is 18.8. The van der Waals surface area contributed by atoms with Gasteiger partial charge in [-0.1, -0.05) is 66.7 Å². The minimum absolute atomic E-state index is 0.0427. The van der Waals surface area contributed by atoms with E-state index in [-0.39, 0.29) is 32.5 Å². The number of nitrogens with one attached hydrogen (secondary N) is 2. The average molecular weight is 469 g/mol. The molecule has 4 aromatic carbocycles. The predicted octanol–water partition coefficient (Wildman–Crippen LogP) is 4.68. The molecule has 6 nitrogen and oxygen atoms in total. The molecule has 1 aliphatic heterocycles. The first-order valence-corrected chi connectivity index (χ1v) is 12.1. The molecule has 0 saturated heterocycles. The zero-order valence-electron chi connectivity index (χ0n) is 18.0. The van der Waals surface area contributed by atoms with Crippen LogP contribution in [0.15, 0.2) is 107 Å². The van der Waals surface area contributed by atoms with Crippen molar-refractivity contribution in [2.45, 2.75) is 16.3 Å². The number of sulfone groups is 1. The fourth-order valence-electron chi connectivity index (χ4n) is 3.93. The lowest BCUT2D eigenvalue weighted by Crippen LogP contribution is -2.23. The highest BCUT2D eigenvalue weighted by Gasteiger charge is 2.31. The van der Waals surface area contributed by atoms with E-state index in [1.807, 2.05) is 54.6 Å². The van der Waals surface area contributed by atoms with E-state index in [0.717, 1.165) is 16.7 Å². The molecule has 0 bridgehead atoms. The second-order valence-electron chi connectivity index (χ2n) is 7.91. The van der Waals surface area contributed by atoms with Crippen LogP contribution in [0, 0.1) is 0 Å². The number of carbonyl (C=O) groups excluding carboxylic acids is 2. The maximum atomic E-state index is 13.1. The number of fused-ring (bicyclic) bond motifs is 2. The summed E-state index contributed by atoms with van der Waals surface area (Å²) in [6.07, 6.45) is 0. The van der Waals surface area contributed by atoms with Gasteiger partial charge >= 0.3 is 0 Å². The van der Waals surface area contributed by atoms with Crippen LogP contribution in [-0.2, 0) is 16.4 Å². The van der Waals surface area contributed by atoms with Gasteiger partial charge in [0, 0.05) is 12.1 Å². The predicted molar refractivity (Wildman–Crippen MR) is 129 cm³/mol. The molecule has 0 aliphatic carbocycles. The summed E-state index contributed by atoms with van der Waals surface area (Å²) in [5.74, 6) is -0.905. The third-order valence-electron chi connectivity index (χ3n) is 5.71. The fraction of sp³-hybridized carbons (Fsp3) is 0.0370. The molecule has 2 amide bonds. The standard InChI is InChI=1S/C27H20N2O4S/c30-26(28-17-18-10-12-20(13-11-18)19-6-2-1-3-7-19)21-14-15-25-23(16-21)29-27(31)22-8-4-5-9-24(22)34(25,32)33/h1-16H,17H2,(H,28,30)(H,29,31). The topological polar surface area (TPSA) is 92.3 Å². The molecule has 34 heavy (non-hydrogen) atoms. The molecule has 0 fully saturated rings. The first-order chi connectivity index (χ1) is 16.4. The van der Waals surface area contributed by atoms with Crippen molar-refractivity contribution in [1.82, 2.24) is 5.32 Å². The Balaban J connectivity index is 1.34. The second-order valence-corrected chi connectivity index (χ2v) is 9.80. The van der Waals surface area contributed by atoms with E-state index in [4.69, 9.17) is 0 Å². The monoisotopic (exact) mass is 468 g/mol. The minimum atomic E-state index is -3.91. The quantitative estimate of drug-likeness (QED) is 0.455. The summed E-state index contributed by atoms with van der Waals surface area (Å²) in [5.41, 5.74) is 3.53. The Hall–Kier alpha value is -4.23. The number of hydrogen-bond acceptors (Lipinski definition) is 4. The highest BCUT2D eigenvalue weighted by atomic mass is 32.2. The molecular formula is C27H20N2O4S. The summed E-state index contributed by atoms with van der Waals surface area (Å²) in [5, 5.41) is 5.47. The molecule has 2 N–H and O–H groups in total. The average Bonchev–Trinajstić information content (AvgIpc) is 2.95. The number of amides is 2. The van der Waals surface area contributed by atoms with Crippen LogP contribution in [0.3, 0.4) is 0 Å². The summed E-state index contributed by atoms with van der Waals surface area (Å²) < 4.78 is 26.2. The molecule has 168 valence electrons. The zero-order chi connectivity index (χ0) is 23.7. The van der Waals surface area contributed by atoms with Gasteiger partial charge in [-0.2, -0.15) is 0 Å². The SMILES string of the molecule is O=C(NCc1ccc(-c2ccccc2)cc1)c1ccc2c(c1)NC(=O)c1ccccc1S2(=O)=O. The van der Waals surface area contributed by atoms with Crippen LogP contribution in [0.4, 0.5) is 5.69 Å². The van der Waals surface area contributed by atoms with E-state index < -0.39 is 15.7 Å². The molecule has 0 saturated carbocycles. The molecule has 4 aromatic rings. The minimum Gasteiger partial charge on any atom is -0.348 e. The number of carbonyl (C=O) groups is 2. The van der Waals surface area contributed by atoms with E-state index in [9.17, 15) is 18.0 Å². The van der Waals surface area contributed by atoms with Crippen molar-refractivity contribution < 1.29 is 18.0 Å². The van der Waals surface area contributed by atoms with Gasteiger partial charge in [0.1, 0.15) is 0 Å². The summed E-state index contributed by atoms with van der Waals surface area (Å²) in [7, 11) is -3.91. The van der Waals surface area contributed by atoms with Crippen molar-refractivity contribution in [3.05, 3.63) is 114 Å². The van der Waals surface area contributed by atoms with Crippen molar-refractivity contribution in [3.8, 4) is 11.1 Å². The largest absolute Gasteiger partial charge is 0.348 e. The molecule has 5 rings (SSSR count). The highest BCUT2D eigenvalue weighted by molar-refractivity contribution is 7.91. The van der Waals surface area contributed by atoms with E-state index in [1.165, 1.54) is 30.3 Å². The normalized spacial score (nSPS) is 13.7. The molecule has 0 spiro atoms. The van der Waals surface area contributed by atoms with Crippen molar-refractivity contribution in [3.63, 3.8) is 0 Å². The molecule has 0 aromatic heterocycles. The second kappa shape index (κ2) is 8.61. The van der Waals surface area contributed by atoms with E-state index in [2.05, 4.69) is 10.6 Å². The van der Waals surface area contributed by atoms with Gasteiger partial charge in [0.05, 0.1) is 21.0 Å². The maximum absolute atomic E-state index is 13.1. The number of hydrogen-bond donors (Lipinski definition) is 2. The Morgan fingerprint density at radius 3 is 2.21 bits per heavy atom. The van der Waals surface area contributed by atoms with Crippen LogP contribution in [0.2, 0.25) is 0 Å². The Morgan fingerprint density at radius 2 is 1.44 bits per heavy atom. The van der Waals surface area contributed by atoms with E-state index in [0.29, 0.717) is 6.54 Å². The smallest absolute Gasteiger partial charge is 0.257 e. The van der Waals surface area contributed by atoms with Gasteiger partial charge in [-0.3, -0.25) is 9.59 Å². The first kappa shape index (κ1) is 21.6. The lowest BCUT2D eigenvalue weighted by Gasteiger charge is -2.11. The maximum Gasteiger partial charge on any atom is 0.257 e. The highest BCUT2D eigenvalue weighted by Crippen LogP contribution is 2.34. The van der Waals surface area contributed by atoms with Crippen molar-refractivity contribution in [1.29, 1.82) is 0 Å². The van der Waals surface area contributed by atoms with Crippen molar-refractivity contribution >= 4 is 27.3 Å². The van der Waals surface area contributed by atoms with Gasteiger partial charge in [0.15, 0.2) is 0 Å². The summed E-state index contributed by atoms with van der Waals surface area (Å²) >= 11 is 0. The Kier molecular flexibility index (Phi) is 5.47. The summed E-state index contributed by atoms with van der Waals surface area (Å²) in [4.78, 5) is 25.3. The van der Waals surface area contributed by atoms with E-state index >= 15 is 0 Å². The lowest BCUT2D eigenvalue weighted by atomic mass is 10.0. The van der Waals surface area contributed by atoms with Gasteiger partial charge in [-0.25, -0.2) is 8.42 Å². The number of benzene rings is 4. The molecular weight excluding hydrogens is 448 g/mol. The Bertz CT molecular complexity index is 1510. The molecule has 0 radical (unpaired) electrons. The van der Waals surface area contributed by atoms with Gasteiger partial charge in [0.2, 0.25) is 9.84 Å². The summed E-state index contributed by atoms with van der Waals surface area (Å²) in [6.45, 7) is 0.307. The third kappa shape index (κ3) is 3.97.